The summed E-state index contributed by atoms with van der Waals surface area (Å²) in [5.41, 5.74) is 2.13. The second kappa shape index (κ2) is 6.95. The van der Waals surface area contributed by atoms with Gasteiger partial charge in [-0.3, -0.25) is 9.78 Å². The number of hydrogen-bond acceptors (Lipinski definition) is 5. The van der Waals surface area contributed by atoms with Crippen LogP contribution in [0.15, 0.2) is 30.6 Å². The summed E-state index contributed by atoms with van der Waals surface area (Å²) in [6.07, 6.45) is 4.57. The van der Waals surface area contributed by atoms with Crippen molar-refractivity contribution in [2.45, 2.75) is 39.8 Å². The van der Waals surface area contributed by atoms with Crippen LogP contribution in [0.25, 0.3) is 0 Å². The molecule has 0 aromatic carbocycles. The van der Waals surface area contributed by atoms with E-state index in [-0.39, 0.29) is 11.9 Å². The fourth-order valence-corrected chi connectivity index (χ4v) is 3.04. The predicted octanol–water partition coefficient (Wildman–Crippen LogP) is 2.50. The maximum atomic E-state index is 11.7. The first-order valence-electron chi connectivity index (χ1n) is 8.35. The molecule has 2 aromatic heterocycles. The van der Waals surface area contributed by atoms with E-state index in [2.05, 4.69) is 26.8 Å². The highest BCUT2D eigenvalue weighted by atomic mass is 16.2. The molecule has 3 heterocycles. The van der Waals surface area contributed by atoms with Crippen LogP contribution in [-0.2, 0) is 11.3 Å². The maximum absolute atomic E-state index is 11.7. The number of aromatic nitrogens is 3. The number of hydrogen-bond donors (Lipinski definition) is 0. The van der Waals surface area contributed by atoms with Gasteiger partial charge < -0.3 is 9.80 Å². The van der Waals surface area contributed by atoms with E-state index in [1.807, 2.05) is 30.0 Å². The Hall–Kier alpha value is -2.50. The Bertz CT molecular complexity index is 719. The van der Waals surface area contributed by atoms with Gasteiger partial charge in [0.1, 0.15) is 11.6 Å². The predicted molar refractivity (Wildman–Crippen MR) is 92.5 cm³/mol. The molecule has 0 bridgehead atoms. The van der Waals surface area contributed by atoms with E-state index in [0.29, 0.717) is 0 Å². The summed E-state index contributed by atoms with van der Waals surface area (Å²) in [4.78, 5) is 29.0. The van der Waals surface area contributed by atoms with Crippen molar-refractivity contribution in [2.75, 3.05) is 18.0 Å². The number of pyridine rings is 1. The summed E-state index contributed by atoms with van der Waals surface area (Å²) in [6, 6.07) is 6.14. The number of amides is 1. The first-order valence-corrected chi connectivity index (χ1v) is 8.35. The Labute approximate surface area is 142 Å². The minimum absolute atomic E-state index is 0.0857. The molecular weight excluding hydrogens is 302 g/mol. The standard InChI is InChI=1S/C18H23N5O/c1-4-22(12-15-5-8-19-9-6-15)18-11-16(20-13(2)21-18)17-7-10-23(17)14(3)24/h5-6,8-9,11,17H,4,7,10,12H2,1-3H3/t17-/m0/s1. The normalized spacial score (nSPS) is 16.6. The lowest BCUT2D eigenvalue weighted by atomic mass is 9.99. The van der Waals surface area contributed by atoms with E-state index in [1.165, 1.54) is 5.56 Å². The van der Waals surface area contributed by atoms with Crippen LogP contribution < -0.4 is 4.90 Å². The first-order chi connectivity index (χ1) is 11.6. The van der Waals surface area contributed by atoms with Crippen LogP contribution >= 0.6 is 0 Å². The first kappa shape index (κ1) is 16.4. The van der Waals surface area contributed by atoms with Gasteiger partial charge in [0.15, 0.2) is 0 Å². The largest absolute Gasteiger partial charge is 0.352 e. The summed E-state index contributed by atoms with van der Waals surface area (Å²) < 4.78 is 0. The average Bonchev–Trinajstić information content (AvgIpc) is 2.51. The zero-order chi connectivity index (χ0) is 17.1. The van der Waals surface area contributed by atoms with E-state index in [4.69, 9.17) is 0 Å². The summed E-state index contributed by atoms with van der Waals surface area (Å²) in [6.45, 7) is 8.07. The van der Waals surface area contributed by atoms with Crippen molar-refractivity contribution in [2.24, 2.45) is 0 Å². The van der Waals surface area contributed by atoms with Crippen LogP contribution in [-0.4, -0.2) is 38.8 Å². The van der Waals surface area contributed by atoms with Gasteiger partial charge in [-0.05, 0) is 38.0 Å². The van der Waals surface area contributed by atoms with Crippen molar-refractivity contribution in [3.8, 4) is 0 Å². The second-order valence-corrected chi connectivity index (χ2v) is 6.08. The van der Waals surface area contributed by atoms with Gasteiger partial charge in [0.2, 0.25) is 5.91 Å². The number of anilines is 1. The lowest BCUT2D eigenvalue weighted by molar-refractivity contribution is -0.136. The van der Waals surface area contributed by atoms with Crippen molar-refractivity contribution >= 4 is 11.7 Å². The number of carbonyl (C=O) groups is 1. The zero-order valence-electron chi connectivity index (χ0n) is 14.4. The molecule has 0 aliphatic carbocycles. The van der Waals surface area contributed by atoms with Gasteiger partial charge in [0, 0.05) is 45.0 Å². The summed E-state index contributed by atoms with van der Waals surface area (Å²) >= 11 is 0. The Morgan fingerprint density at radius 1 is 1.33 bits per heavy atom. The molecule has 0 N–H and O–H groups in total. The van der Waals surface area contributed by atoms with Crippen LogP contribution in [0.1, 0.15) is 43.4 Å². The minimum atomic E-state index is 0.0857. The molecular formula is C18H23N5O. The van der Waals surface area contributed by atoms with E-state index in [1.54, 1.807) is 19.3 Å². The molecule has 1 atom stereocenters. The topological polar surface area (TPSA) is 62.2 Å². The molecule has 0 radical (unpaired) electrons. The molecule has 6 nitrogen and oxygen atoms in total. The number of rotatable bonds is 5. The molecule has 1 fully saturated rings. The monoisotopic (exact) mass is 325 g/mol. The Morgan fingerprint density at radius 3 is 2.67 bits per heavy atom. The van der Waals surface area contributed by atoms with E-state index in [9.17, 15) is 4.79 Å². The van der Waals surface area contributed by atoms with Gasteiger partial charge in [-0.2, -0.15) is 0 Å². The smallest absolute Gasteiger partial charge is 0.220 e. The third kappa shape index (κ3) is 3.37. The molecule has 0 spiro atoms. The van der Waals surface area contributed by atoms with Crippen LogP contribution in [0.4, 0.5) is 5.82 Å². The fourth-order valence-electron chi connectivity index (χ4n) is 3.04. The van der Waals surface area contributed by atoms with Crippen molar-refractivity contribution in [3.63, 3.8) is 0 Å². The molecule has 1 aliphatic rings. The van der Waals surface area contributed by atoms with Crippen LogP contribution in [0.2, 0.25) is 0 Å². The molecule has 6 heteroatoms. The number of likely N-dealkylation sites (tertiary alicyclic amines) is 1. The molecule has 0 saturated carbocycles. The Kier molecular flexibility index (Phi) is 4.74. The molecule has 126 valence electrons. The highest BCUT2D eigenvalue weighted by Crippen LogP contribution is 2.33. The van der Waals surface area contributed by atoms with E-state index in [0.717, 1.165) is 43.4 Å². The van der Waals surface area contributed by atoms with Crippen molar-refractivity contribution in [1.82, 2.24) is 19.9 Å². The maximum Gasteiger partial charge on any atom is 0.220 e. The molecule has 3 rings (SSSR count). The summed E-state index contributed by atoms with van der Waals surface area (Å²) in [7, 11) is 0. The zero-order valence-corrected chi connectivity index (χ0v) is 14.4. The van der Waals surface area contributed by atoms with Crippen molar-refractivity contribution in [1.29, 1.82) is 0 Å². The SMILES string of the molecule is CCN(Cc1ccncc1)c1cc([C@@H]2CCN2C(C)=O)nc(C)n1. The van der Waals surface area contributed by atoms with Crippen molar-refractivity contribution in [3.05, 3.63) is 47.7 Å². The third-order valence-electron chi connectivity index (χ3n) is 4.44. The molecule has 1 aliphatic heterocycles. The van der Waals surface area contributed by atoms with Crippen LogP contribution in [0.5, 0.6) is 0 Å². The lowest BCUT2D eigenvalue weighted by Crippen LogP contribution is -2.44. The minimum Gasteiger partial charge on any atom is -0.352 e. The van der Waals surface area contributed by atoms with E-state index >= 15 is 0 Å². The van der Waals surface area contributed by atoms with Gasteiger partial charge in [0.25, 0.3) is 0 Å². The van der Waals surface area contributed by atoms with Gasteiger partial charge in [-0.15, -0.1) is 0 Å². The summed E-state index contributed by atoms with van der Waals surface area (Å²) in [5, 5.41) is 0. The van der Waals surface area contributed by atoms with Gasteiger partial charge in [-0.1, -0.05) is 0 Å². The number of nitrogens with zero attached hydrogens (tertiary/aromatic N) is 5. The Morgan fingerprint density at radius 2 is 2.08 bits per heavy atom. The molecule has 1 amide bonds. The molecule has 24 heavy (non-hydrogen) atoms. The number of carbonyl (C=O) groups excluding carboxylic acids is 1. The van der Waals surface area contributed by atoms with Gasteiger partial charge >= 0.3 is 0 Å². The average molecular weight is 325 g/mol. The highest BCUT2D eigenvalue weighted by Gasteiger charge is 2.33. The van der Waals surface area contributed by atoms with Gasteiger partial charge in [-0.25, -0.2) is 9.97 Å². The van der Waals surface area contributed by atoms with Crippen LogP contribution in [0, 0.1) is 6.92 Å². The molecule has 0 unspecified atom stereocenters. The highest BCUT2D eigenvalue weighted by molar-refractivity contribution is 5.74. The summed E-state index contributed by atoms with van der Waals surface area (Å²) in [5.74, 6) is 1.76. The lowest BCUT2D eigenvalue weighted by Gasteiger charge is -2.40. The van der Waals surface area contributed by atoms with E-state index < -0.39 is 0 Å². The molecule has 2 aromatic rings. The third-order valence-corrected chi connectivity index (χ3v) is 4.44. The Balaban J connectivity index is 1.85. The van der Waals surface area contributed by atoms with Crippen LogP contribution in [0.3, 0.4) is 0 Å². The fraction of sp³-hybridized carbons (Fsp3) is 0.444. The number of aryl methyl sites for hydroxylation is 1. The quantitative estimate of drug-likeness (QED) is 0.845. The van der Waals surface area contributed by atoms with Crippen molar-refractivity contribution < 1.29 is 4.79 Å². The second-order valence-electron chi connectivity index (χ2n) is 6.08. The van der Waals surface area contributed by atoms with Gasteiger partial charge in [0.05, 0.1) is 11.7 Å². The molecule has 1 saturated heterocycles.